The van der Waals surface area contributed by atoms with Crippen LogP contribution in [0.4, 0.5) is 0 Å². The Kier molecular flexibility index (Phi) is 72.9. The van der Waals surface area contributed by atoms with Gasteiger partial charge in [0.1, 0.15) is 19.3 Å². The van der Waals surface area contributed by atoms with Crippen LogP contribution in [0.15, 0.2) is 24.3 Å². The van der Waals surface area contributed by atoms with E-state index in [1.54, 1.807) is 0 Å². The number of hydrogen-bond acceptors (Lipinski definition) is 15. The van der Waals surface area contributed by atoms with E-state index in [1.807, 2.05) is 0 Å². The Hall–Kier alpha value is -2.46. The lowest BCUT2D eigenvalue weighted by molar-refractivity contribution is -0.161. The summed E-state index contributed by atoms with van der Waals surface area (Å²) in [6, 6.07) is 0. The first-order valence-corrected chi connectivity index (χ1v) is 46.2. The van der Waals surface area contributed by atoms with Crippen LogP contribution in [-0.2, 0) is 65.4 Å². The van der Waals surface area contributed by atoms with E-state index in [1.165, 1.54) is 205 Å². The number of aliphatic hydroxyl groups excluding tert-OH is 1. The van der Waals surface area contributed by atoms with E-state index >= 15 is 0 Å². The number of carbonyl (C=O) groups excluding carboxylic acids is 4. The summed E-state index contributed by atoms with van der Waals surface area (Å²) in [4.78, 5) is 73.1. The third-order valence-electron chi connectivity index (χ3n) is 19.6. The number of esters is 4. The van der Waals surface area contributed by atoms with Gasteiger partial charge in [-0.3, -0.25) is 37.3 Å². The first kappa shape index (κ1) is 102. The number of phosphoric acid groups is 2. The lowest BCUT2D eigenvalue weighted by Gasteiger charge is -2.21. The fourth-order valence-electron chi connectivity index (χ4n) is 12.6. The zero-order valence-corrected chi connectivity index (χ0v) is 69.8. The normalized spacial score (nSPS) is 14.3. The molecule has 3 unspecified atom stereocenters. The number of rotatable bonds is 81. The molecule has 0 aromatic rings. The van der Waals surface area contributed by atoms with Gasteiger partial charge < -0.3 is 33.8 Å². The topological polar surface area (TPSA) is 237 Å². The minimum Gasteiger partial charge on any atom is -0.462 e. The Labute approximate surface area is 637 Å². The molecule has 0 bridgehead atoms. The van der Waals surface area contributed by atoms with Crippen molar-refractivity contribution >= 4 is 39.5 Å². The number of allylic oxidation sites excluding steroid dienone is 4. The summed E-state index contributed by atoms with van der Waals surface area (Å²) in [5.74, 6) is 0.209. The molecule has 0 aromatic heterocycles. The molecule has 0 aliphatic carbocycles. The molecule has 3 N–H and O–H groups in total. The summed E-state index contributed by atoms with van der Waals surface area (Å²) >= 11 is 0. The highest BCUT2D eigenvalue weighted by Gasteiger charge is 2.30. The molecule has 6 atom stereocenters. The molecule has 0 spiro atoms. The van der Waals surface area contributed by atoms with Crippen molar-refractivity contribution in [1.29, 1.82) is 0 Å². The van der Waals surface area contributed by atoms with Crippen molar-refractivity contribution in [1.82, 2.24) is 0 Å². The van der Waals surface area contributed by atoms with Gasteiger partial charge in [0, 0.05) is 25.7 Å². The second-order valence-electron chi connectivity index (χ2n) is 31.1. The fraction of sp³-hybridized carbons (Fsp3) is 0.906. The molecule has 0 saturated carbocycles. The van der Waals surface area contributed by atoms with Crippen LogP contribution in [0.2, 0.25) is 0 Å². The van der Waals surface area contributed by atoms with Gasteiger partial charge in [-0.25, -0.2) is 9.13 Å². The monoisotopic (exact) mass is 1520 g/mol. The van der Waals surface area contributed by atoms with Crippen LogP contribution >= 0.6 is 15.6 Å². The lowest BCUT2D eigenvalue weighted by atomic mass is 9.99. The van der Waals surface area contributed by atoms with Crippen molar-refractivity contribution in [2.24, 2.45) is 17.8 Å². The largest absolute Gasteiger partial charge is 0.472 e. The molecule has 0 aromatic carbocycles. The molecule has 0 aliphatic rings. The number of phosphoric ester groups is 2. The maximum Gasteiger partial charge on any atom is 0.472 e. The van der Waals surface area contributed by atoms with E-state index in [-0.39, 0.29) is 25.7 Å². The zero-order chi connectivity index (χ0) is 76.5. The van der Waals surface area contributed by atoms with Crippen molar-refractivity contribution in [3.63, 3.8) is 0 Å². The van der Waals surface area contributed by atoms with E-state index in [0.29, 0.717) is 31.6 Å². The third kappa shape index (κ3) is 76.3. The Morgan fingerprint density at radius 1 is 0.317 bits per heavy atom. The van der Waals surface area contributed by atoms with Gasteiger partial charge in [0.2, 0.25) is 0 Å². The van der Waals surface area contributed by atoms with Gasteiger partial charge >= 0.3 is 39.5 Å². The van der Waals surface area contributed by atoms with E-state index in [9.17, 15) is 43.2 Å². The number of hydrogen-bond donors (Lipinski definition) is 3. The highest BCUT2D eigenvalue weighted by Crippen LogP contribution is 2.45. The fourth-order valence-corrected chi connectivity index (χ4v) is 14.2. The van der Waals surface area contributed by atoms with Gasteiger partial charge in [-0.05, 0) is 69.1 Å². The predicted molar refractivity (Wildman–Crippen MR) is 427 cm³/mol. The Bertz CT molecular complexity index is 2110. The number of ether oxygens (including phenoxy) is 4. The maximum absolute atomic E-state index is 13.1. The minimum absolute atomic E-state index is 0.101. The molecular formula is C85H162O17P2. The van der Waals surface area contributed by atoms with Crippen LogP contribution in [0.5, 0.6) is 0 Å². The molecule has 0 rings (SSSR count). The Morgan fingerprint density at radius 2 is 0.567 bits per heavy atom. The Morgan fingerprint density at radius 3 is 0.856 bits per heavy atom. The summed E-state index contributed by atoms with van der Waals surface area (Å²) in [6.45, 7) is 11.9. The molecule has 0 aliphatic heterocycles. The molecular weight excluding hydrogens is 1350 g/mol. The van der Waals surface area contributed by atoms with E-state index < -0.39 is 97.5 Å². The maximum atomic E-state index is 13.1. The van der Waals surface area contributed by atoms with Gasteiger partial charge in [0.25, 0.3) is 0 Å². The summed E-state index contributed by atoms with van der Waals surface area (Å²) in [7, 11) is -9.94. The minimum atomic E-state index is -4.97. The predicted octanol–water partition coefficient (Wildman–Crippen LogP) is 25.3. The van der Waals surface area contributed by atoms with Crippen molar-refractivity contribution in [2.75, 3.05) is 39.6 Å². The van der Waals surface area contributed by atoms with Crippen molar-refractivity contribution in [3.8, 4) is 0 Å². The number of carbonyl (C=O) groups is 4. The van der Waals surface area contributed by atoms with Gasteiger partial charge in [0.15, 0.2) is 12.2 Å². The van der Waals surface area contributed by atoms with Crippen molar-refractivity contribution in [2.45, 2.75) is 439 Å². The van der Waals surface area contributed by atoms with E-state index in [0.717, 1.165) is 127 Å². The summed E-state index contributed by atoms with van der Waals surface area (Å²) < 4.78 is 68.7. The summed E-state index contributed by atoms with van der Waals surface area (Å²) in [5.41, 5.74) is 0. The lowest BCUT2D eigenvalue weighted by Crippen LogP contribution is -2.30. The molecule has 0 heterocycles. The van der Waals surface area contributed by atoms with Crippen molar-refractivity contribution in [3.05, 3.63) is 24.3 Å². The number of aliphatic hydroxyl groups is 1. The quantitative estimate of drug-likeness (QED) is 0.0169. The molecule has 0 fully saturated rings. The molecule has 0 radical (unpaired) electrons. The molecule has 19 heteroatoms. The molecule has 0 saturated heterocycles. The second-order valence-corrected chi connectivity index (χ2v) is 34.0. The van der Waals surface area contributed by atoms with Gasteiger partial charge in [-0.2, -0.15) is 0 Å². The average molecular weight is 1520 g/mol. The standard InChI is InChI=1S/C85H162O17P2/c1-8-10-11-12-13-14-15-16-22-29-34-39-44-52-59-66-82(87)95-72-80(101-84(89)68-62-55-46-41-36-31-26-21-23-27-32-37-42-49-56-63-76(3)4)74-99-103(91,92)97-70-79(86)71-98-104(93,94)100-75-81(73-96-83(88)67-60-53-48-47-50-57-64-77(5)6)102-85(90)69-61-54-45-40-35-30-25-20-18-17-19-24-28-33-38-43-51-58-65-78(7)9-2/h14-16,22,76-81,86H,8-13,17-21,23-75H2,1-7H3,(H,91,92)(H,93,94)/b15-14-,22-16-/t78?,79-,80-,81-/m1/s1. The molecule has 17 nitrogen and oxygen atoms in total. The highest BCUT2D eigenvalue weighted by molar-refractivity contribution is 7.47. The van der Waals surface area contributed by atoms with Gasteiger partial charge in [-0.15, -0.1) is 0 Å². The van der Waals surface area contributed by atoms with Crippen LogP contribution < -0.4 is 0 Å². The van der Waals surface area contributed by atoms with Gasteiger partial charge in [0.05, 0.1) is 26.4 Å². The third-order valence-corrected chi connectivity index (χ3v) is 21.5. The number of unbranched alkanes of at least 4 members (excludes halogenated alkanes) is 45. The van der Waals surface area contributed by atoms with E-state index in [2.05, 4.69) is 72.8 Å². The highest BCUT2D eigenvalue weighted by atomic mass is 31.2. The van der Waals surface area contributed by atoms with E-state index in [4.69, 9.17) is 37.0 Å². The first-order valence-electron chi connectivity index (χ1n) is 43.2. The molecule has 614 valence electrons. The first-order chi connectivity index (χ1) is 50.3. The van der Waals surface area contributed by atoms with Crippen LogP contribution in [0.1, 0.15) is 421 Å². The van der Waals surface area contributed by atoms with Crippen LogP contribution in [0, 0.1) is 17.8 Å². The molecule has 0 amide bonds. The SMILES string of the molecule is CCCCCC/C=C\C=C/CCCCCCCC(=O)OC[C@H](COP(=O)(O)OC[C@@H](O)COP(=O)(O)OC[C@@H](COC(=O)CCCCCCCCC(C)C)OC(=O)CCCCCCCCCCCCCCCCCCCCC(C)CC)OC(=O)CCCCCCCCCCCCCCCCCC(C)C. The zero-order valence-electron chi connectivity index (χ0n) is 68.0. The molecule has 104 heavy (non-hydrogen) atoms. The average Bonchev–Trinajstić information content (AvgIpc) is 0.908. The summed E-state index contributed by atoms with van der Waals surface area (Å²) in [5, 5.41) is 10.7. The summed E-state index contributed by atoms with van der Waals surface area (Å²) in [6.07, 6.45) is 67.6. The van der Waals surface area contributed by atoms with Crippen LogP contribution in [0.3, 0.4) is 0 Å². The van der Waals surface area contributed by atoms with Crippen molar-refractivity contribution < 1.29 is 80.2 Å². The van der Waals surface area contributed by atoms with Crippen LogP contribution in [-0.4, -0.2) is 96.7 Å². The Balaban J connectivity index is 5.21. The second kappa shape index (κ2) is 74.6. The van der Waals surface area contributed by atoms with Crippen LogP contribution in [0.25, 0.3) is 0 Å². The van der Waals surface area contributed by atoms with Gasteiger partial charge in [-0.1, -0.05) is 368 Å². The smallest absolute Gasteiger partial charge is 0.462 e.